The van der Waals surface area contributed by atoms with Crippen LogP contribution in [-0.2, 0) is 16.1 Å². The van der Waals surface area contributed by atoms with E-state index in [1.165, 1.54) is 13.3 Å². The minimum Gasteiger partial charge on any atom is -0.469 e. The van der Waals surface area contributed by atoms with E-state index < -0.39 is 23.5 Å². The summed E-state index contributed by atoms with van der Waals surface area (Å²) in [5, 5.41) is 3.23. The summed E-state index contributed by atoms with van der Waals surface area (Å²) < 4.78 is 38.2. The first-order valence-electron chi connectivity index (χ1n) is 10.8. The number of rotatable bonds is 9. The van der Waals surface area contributed by atoms with E-state index in [0.717, 1.165) is 29.6 Å². The molecule has 0 aliphatic carbocycles. The molecule has 0 amide bonds. The van der Waals surface area contributed by atoms with Crippen molar-refractivity contribution in [2.24, 2.45) is 0 Å². The van der Waals surface area contributed by atoms with Crippen LogP contribution >= 0.6 is 0 Å². The smallest absolute Gasteiger partial charge is 0.322 e. The lowest BCUT2D eigenvalue weighted by molar-refractivity contribution is -0.140. The second-order valence-electron chi connectivity index (χ2n) is 7.61. The number of carbonyl (C=O) groups excluding carboxylic acids is 1. The van der Waals surface area contributed by atoms with E-state index >= 15 is 0 Å². The van der Waals surface area contributed by atoms with Gasteiger partial charge >= 0.3 is 12.0 Å². The maximum atomic E-state index is 13.9. The predicted octanol–water partition coefficient (Wildman–Crippen LogP) is 5.25. The standard InChI is InChI=1S/C26H22F2N4O3/c1-34-25(33)15-22(18-12-19(27)14-20(28)13-18)23-9-11-30-26(32-23)35-21-7-5-17(6-8-21)16-31-24-4-2-3-10-29-24/h2-14,22H,15-16H2,1H3,(H,29,31). The summed E-state index contributed by atoms with van der Waals surface area (Å²) in [5.41, 5.74) is 1.63. The summed E-state index contributed by atoms with van der Waals surface area (Å²) in [6, 6.07) is 17.7. The number of carbonyl (C=O) groups is 1. The number of esters is 1. The fraction of sp³-hybridized carbons (Fsp3) is 0.154. The maximum Gasteiger partial charge on any atom is 0.322 e. The molecule has 0 saturated heterocycles. The fourth-order valence-corrected chi connectivity index (χ4v) is 3.46. The first kappa shape index (κ1) is 23.7. The first-order chi connectivity index (χ1) is 17.0. The number of aromatic nitrogens is 3. The number of nitrogens with one attached hydrogen (secondary N) is 1. The third kappa shape index (κ3) is 6.57. The van der Waals surface area contributed by atoms with E-state index in [1.54, 1.807) is 24.4 Å². The number of halogens is 2. The third-order valence-electron chi connectivity index (χ3n) is 5.17. The number of nitrogens with zero attached hydrogens (tertiary/aromatic N) is 3. The molecular formula is C26H22F2N4O3. The van der Waals surface area contributed by atoms with Crippen LogP contribution in [0.2, 0.25) is 0 Å². The number of hydrogen-bond acceptors (Lipinski definition) is 7. The lowest BCUT2D eigenvalue weighted by Crippen LogP contribution is -2.12. The Morgan fingerprint density at radius 2 is 1.74 bits per heavy atom. The van der Waals surface area contributed by atoms with Gasteiger partial charge in [-0.1, -0.05) is 18.2 Å². The zero-order chi connectivity index (χ0) is 24.6. The Hall–Kier alpha value is -4.40. The average Bonchev–Trinajstić information content (AvgIpc) is 2.87. The molecule has 0 aliphatic heterocycles. The normalized spacial score (nSPS) is 11.5. The van der Waals surface area contributed by atoms with Gasteiger partial charge in [0, 0.05) is 30.9 Å². The van der Waals surface area contributed by atoms with E-state index in [0.29, 0.717) is 18.0 Å². The highest BCUT2D eigenvalue weighted by Crippen LogP contribution is 2.30. The zero-order valence-corrected chi connectivity index (χ0v) is 18.8. The van der Waals surface area contributed by atoms with Crippen LogP contribution in [-0.4, -0.2) is 28.0 Å². The number of anilines is 1. The summed E-state index contributed by atoms with van der Waals surface area (Å²) in [6.45, 7) is 0.586. The molecule has 4 rings (SSSR count). The maximum absolute atomic E-state index is 13.9. The SMILES string of the molecule is COC(=O)CC(c1cc(F)cc(F)c1)c1ccnc(Oc2ccc(CNc3ccccn3)cc2)n1. The third-order valence-corrected chi connectivity index (χ3v) is 5.17. The Balaban J connectivity index is 1.50. The van der Waals surface area contributed by atoms with Crippen molar-refractivity contribution in [3.63, 3.8) is 0 Å². The van der Waals surface area contributed by atoms with Gasteiger partial charge in [0.2, 0.25) is 0 Å². The van der Waals surface area contributed by atoms with Crippen LogP contribution in [0.25, 0.3) is 0 Å². The second kappa shape index (κ2) is 11.1. The monoisotopic (exact) mass is 476 g/mol. The van der Waals surface area contributed by atoms with Gasteiger partial charge in [-0.2, -0.15) is 4.98 Å². The Labute approximate surface area is 200 Å². The van der Waals surface area contributed by atoms with Crippen LogP contribution in [0.3, 0.4) is 0 Å². The molecule has 2 aromatic heterocycles. The van der Waals surface area contributed by atoms with Crippen molar-refractivity contribution < 1.29 is 23.0 Å². The van der Waals surface area contributed by atoms with Crippen molar-refractivity contribution in [1.29, 1.82) is 0 Å². The van der Waals surface area contributed by atoms with Crippen LogP contribution in [0, 0.1) is 11.6 Å². The van der Waals surface area contributed by atoms with E-state index in [2.05, 4.69) is 20.3 Å². The molecule has 4 aromatic rings. The van der Waals surface area contributed by atoms with E-state index in [-0.39, 0.29) is 18.0 Å². The van der Waals surface area contributed by atoms with Gasteiger partial charge in [-0.05, 0) is 53.6 Å². The Bertz CT molecular complexity index is 1270. The van der Waals surface area contributed by atoms with Crippen molar-refractivity contribution in [3.05, 3.63) is 108 Å². The summed E-state index contributed by atoms with van der Waals surface area (Å²) in [4.78, 5) is 24.7. The van der Waals surface area contributed by atoms with Gasteiger partial charge in [0.15, 0.2) is 0 Å². The Kier molecular flexibility index (Phi) is 7.57. The highest BCUT2D eigenvalue weighted by molar-refractivity contribution is 5.71. The number of pyridine rings is 1. The quantitative estimate of drug-likeness (QED) is 0.330. The summed E-state index contributed by atoms with van der Waals surface area (Å²) in [6.07, 6.45) is 3.02. The molecule has 2 heterocycles. The molecule has 0 saturated carbocycles. The van der Waals surface area contributed by atoms with Crippen LogP contribution in [0.15, 0.2) is 79.1 Å². The van der Waals surface area contributed by atoms with Gasteiger partial charge in [-0.3, -0.25) is 4.79 Å². The van der Waals surface area contributed by atoms with Crippen molar-refractivity contribution >= 4 is 11.8 Å². The minimum atomic E-state index is -0.752. The molecule has 178 valence electrons. The molecule has 0 radical (unpaired) electrons. The molecule has 0 fully saturated rings. The number of methoxy groups -OCH3 is 1. The summed E-state index contributed by atoms with van der Waals surface area (Å²) in [7, 11) is 1.25. The van der Waals surface area contributed by atoms with Crippen molar-refractivity contribution in [1.82, 2.24) is 15.0 Å². The zero-order valence-electron chi connectivity index (χ0n) is 18.8. The topological polar surface area (TPSA) is 86.2 Å². The molecule has 35 heavy (non-hydrogen) atoms. The van der Waals surface area contributed by atoms with Crippen LogP contribution < -0.4 is 10.1 Å². The first-order valence-corrected chi connectivity index (χ1v) is 10.8. The largest absolute Gasteiger partial charge is 0.469 e. The average molecular weight is 476 g/mol. The number of hydrogen-bond donors (Lipinski definition) is 1. The molecule has 2 aromatic carbocycles. The van der Waals surface area contributed by atoms with E-state index in [9.17, 15) is 13.6 Å². The lowest BCUT2D eigenvalue weighted by atomic mass is 9.92. The van der Waals surface area contributed by atoms with Gasteiger partial charge in [0.25, 0.3) is 0 Å². The van der Waals surface area contributed by atoms with Crippen LogP contribution in [0.1, 0.15) is 29.2 Å². The van der Waals surface area contributed by atoms with Crippen molar-refractivity contribution in [2.45, 2.75) is 18.9 Å². The Morgan fingerprint density at radius 3 is 2.43 bits per heavy atom. The van der Waals surface area contributed by atoms with Crippen LogP contribution in [0.5, 0.6) is 11.8 Å². The fourth-order valence-electron chi connectivity index (χ4n) is 3.46. The number of benzene rings is 2. The molecule has 0 spiro atoms. The molecule has 0 bridgehead atoms. The lowest BCUT2D eigenvalue weighted by Gasteiger charge is -2.17. The highest BCUT2D eigenvalue weighted by Gasteiger charge is 2.22. The summed E-state index contributed by atoms with van der Waals surface area (Å²) in [5.74, 6) is -1.52. The summed E-state index contributed by atoms with van der Waals surface area (Å²) >= 11 is 0. The molecule has 1 N–H and O–H groups in total. The van der Waals surface area contributed by atoms with Crippen LogP contribution in [0.4, 0.5) is 14.6 Å². The Morgan fingerprint density at radius 1 is 0.971 bits per heavy atom. The predicted molar refractivity (Wildman–Crippen MR) is 125 cm³/mol. The molecule has 1 atom stereocenters. The number of ether oxygens (including phenoxy) is 2. The van der Waals surface area contributed by atoms with Gasteiger partial charge in [-0.25, -0.2) is 18.7 Å². The van der Waals surface area contributed by atoms with Crippen molar-refractivity contribution in [3.8, 4) is 11.8 Å². The minimum absolute atomic E-state index is 0.0357. The second-order valence-corrected chi connectivity index (χ2v) is 7.61. The van der Waals surface area contributed by atoms with Gasteiger partial charge in [0.05, 0.1) is 19.2 Å². The van der Waals surface area contributed by atoms with E-state index in [4.69, 9.17) is 9.47 Å². The molecule has 7 nitrogen and oxygen atoms in total. The highest BCUT2D eigenvalue weighted by atomic mass is 19.1. The van der Waals surface area contributed by atoms with Gasteiger partial charge < -0.3 is 14.8 Å². The van der Waals surface area contributed by atoms with Gasteiger partial charge in [-0.15, -0.1) is 0 Å². The van der Waals surface area contributed by atoms with E-state index in [1.807, 2.05) is 30.3 Å². The molecule has 0 aliphatic rings. The van der Waals surface area contributed by atoms with Crippen molar-refractivity contribution in [2.75, 3.05) is 12.4 Å². The molecule has 9 heteroatoms. The molecular weight excluding hydrogens is 454 g/mol. The van der Waals surface area contributed by atoms with Gasteiger partial charge in [0.1, 0.15) is 23.2 Å². The molecule has 1 unspecified atom stereocenters.